The first-order valence-electron chi connectivity index (χ1n) is 8.63. The van der Waals surface area contributed by atoms with Gasteiger partial charge in [0.25, 0.3) is 11.6 Å². The number of nitrogens with zero attached hydrogens (tertiary/aromatic N) is 2. The zero-order valence-electron chi connectivity index (χ0n) is 16.7. The maximum absolute atomic E-state index is 13.1. The topological polar surface area (TPSA) is 117 Å². The molecule has 172 valence electrons. The van der Waals surface area contributed by atoms with Gasteiger partial charge in [-0.25, -0.2) is 0 Å². The maximum Gasteiger partial charge on any atom is 0.423 e. The average molecular weight is 474 g/mol. The average Bonchev–Trinajstić information content (AvgIpc) is 2.74. The van der Waals surface area contributed by atoms with Gasteiger partial charge in [-0.2, -0.15) is 18.2 Å². The van der Waals surface area contributed by atoms with E-state index in [0.717, 1.165) is 13.0 Å². The number of hydrogen-bond donors (Lipinski definition) is 3. The SMILES string of the molecule is CF.C[C@@](O)(CNc1ccc(N=C=S)cc1)C(=O)Nc1ccc([N+](=O)[O-])c(C(F)(F)F)c1. The summed E-state index contributed by atoms with van der Waals surface area (Å²) in [6, 6.07) is 8.49. The van der Waals surface area contributed by atoms with Crippen LogP contribution in [0.1, 0.15) is 12.5 Å². The van der Waals surface area contributed by atoms with Gasteiger partial charge in [-0.15, -0.1) is 0 Å². The number of aliphatic hydroxyl groups is 1. The number of carbonyl (C=O) groups excluding carboxylic acids is 1. The van der Waals surface area contributed by atoms with Crippen LogP contribution in [0.2, 0.25) is 0 Å². The van der Waals surface area contributed by atoms with Crippen molar-refractivity contribution in [2.24, 2.45) is 4.99 Å². The van der Waals surface area contributed by atoms with E-state index in [-0.39, 0.29) is 12.2 Å². The molecule has 0 aromatic heterocycles. The van der Waals surface area contributed by atoms with Crippen LogP contribution in [0.25, 0.3) is 0 Å². The zero-order valence-corrected chi connectivity index (χ0v) is 17.6. The third kappa shape index (κ3) is 7.38. The van der Waals surface area contributed by atoms with Crippen molar-refractivity contribution in [1.82, 2.24) is 0 Å². The minimum Gasteiger partial charge on any atom is -0.382 e. The van der Waals surface area contributed by atoms with Gasteiger partial charge >= 0.3 is 6.18 Å². The Bertz CT molecular complexity index is 1010. The summed E-state index contributed by atoms with van der Waals surface area (Å²) in [6.45, 7) is 0.893. The normalized spacial score (nSPS) is 12.3. The molecular formula is C19H18F4N4O4S. The fraction of sp³-hybridized carbons (Fsp3) is 0.263. The molecule has 1 atom stereocenters. The van der Waals surface area contributed by atoms with Gasteiger partial charge in [-0.3, -0.25) is 19.3 Å². The van der Waals surface area contributed by atoms with Gasteiger partial charge < -0.3 is 15.7 Å². The Morgan fingerprint density at radius 3 is 2.25 bits per heavy atom. The van der Waals surface area contributed by atoms with E-state index in [1.165, 1.54) is 0 Å². The molecule has 32 heavy (non-hydrogen) atoms. The largest absolute Gasteiger partial charge is 0.423 e. The Labute approximate surface area is 185 Å². The van der Waals surface area contributed by atoms with E-state index in [1.807, 2.05) is 0 Å². The molecule has 0 aliphatic heterocycles. The van der Waals surface area contributed by atoms with Crippen molar-refractivity contribution in [3.05, 3.63) is 58.1 Å². The first-order valence-corrected chi connectivity index (χ1v) is 9.04. The zero-order chi connectivity index (χ0) is 24.5. The van der Waals surface area contributed by atoms with E-state index in [4.69, 9.17) is 0 Å². The van der Waals surface area contributed by atoms with Gasteiger partial charge in [0.05, 0.1) is 29.5 Å². The molecule has 13 heteroatoms. The van der Waals surface area contributed by atoms with Gasteiger partial charge in [0.2, 0.25) is 0 Å². The number of alkyl halides is 4. The molecule has 8 nitrogen and oxygen atoms in total. The lowest BCUT2D eigenvalue weighted by Crippen LogP contribution is -2.45. The summed E-state index contributed by atoms with van der Waals surface area (Å²) in [5.41, 5.74) is -3.91. The summed E-state index contributed by atoms with van der Waals surface area (Å²) in [4.78, 5) is 25.7. The molecule has 0 bridgehead atoms. The first-order chi connectivity index (χ1) is 14.9. The monoisotopic (exact) mass is 474 g/mol. The van der Waals surface area contributed by atoms with E-state index in [1.54, 1.807) is 24.3 Å². The highest BCUT2D eigenvalue weighted by Gasteiger charge is 2.39. The van der Waals surface area contributed by atoms with Crippen molar-refractivity contribution in [2.45, 2.75) is 18.7 Å². The number of aliphatic imine (C=N–C) groups is 1. The van der Waals surface area contributed by atoms with E-state index in [2.05, 4.69) is 33.0 Å². The van der Waals surface area contributed by atoms with Crippen molar-refractivity contribution in [2.75, 3.05) is 24.4 Å². The Balaban J connectivity index is 0.00000249. The summed E-state index contributed by atoms with van der Waals surface area (Å²) < 4.78 is 48.7. The molecule has 0 aliphatic carbocycles. The Hall–Kier alpha value is -3.41. The smallest absolute Gasteiger partial charge is 0.382 e. The fourth-order valence-corrected chi connectivity index (χ4v) is 2.43. The second-order valence-electron chi connectivity index (χ2n) is 6.32. The van der Waals surface area contributed by atoms with Crippen LogP contribution in [-0.2, 0) is 11.0 Å². The number of halogens is 4. The van der Waals surface area contributed by atoms with Gasteiger partial charge in [-0.1, -0.05) is 0 Å². The van der Waals surface area contributed by atoms with Gasteiger partial charge in [-0.05, 0) is 55.5 Å². The van der Waals surface area contributed by atoms with Crippen molar-refractivity contribution in [3.63, 3.8) is 0 Å². The molecule has 0 fully saturated rings. The minimum absolute atomic E-state index is 0.270. The molecule has 0 saturated carbocycles. The molecule has 2 aromatic carbocycles. The number of amides is 1. The van der Waals surface area contributed by atoms with Crippen LogP contribution in [0.3, 0.4) is 0 Å². The van der Waals surface area contributed by atoms with Gasteiger partial charge in [0, 0.05) is 17.4 Å². The van der Waals surface area contributed by atoms with Gasteiger partial charge in [0.15, 0.2) is 5.60 Å². The molecule has 2 rings (SSSR count). The van der Waals surface area contributed by atoms with Crippen LogP contribution in [-0.4, -0.2) is 40.4 Å². The number of nitro benzene ring substituents is 1. The molecule has 3 N–H and O–H groups in total. The maximum atomic E-state index is 13.1. The summed E-state index contributed by atoms with van der Waals surface area (Å²) in [6.07, 6.45) is -4.99. The second-order valence-corrected chi connectivity index (χ2v) is 6.50. The highest BCUT2D eigenvalue weighted by atomic mass is 32.1. The van der Waals surface area contributed by atoms with E-state index >= 15 is 0 Å². The lowest BCUT2D eigenvalue weighted by molar-refractivity contribution is -0.388. The number of isothiocyanates is 1. The number of nitrogens with one attached hydrogen (secondary N) is 2. The predicted octanol–water partition coefficient (Wildman–Crippen LogP) is 4.74. The Kier molecular flexibility index (Phi) is 9.38. The standard InChI is InChI=1S/C18H15F3N4O4S.CH3F/c1-17(27,9-22-11-2-4-12(5-3-11)23-10-30)16(26)24-13-6-7-15(25(28)29)14(8-13)18(19,20)21;1-2/h2-8,22,27H,9H2,1H3,(H,24,26);1H3/t17-;/m1./s1. The Morgan fingerprint density at radius 2 is 1.75 bits per heavy atom. The molecule has 0 heterocycles. The van der Waals surface area contributed by atoms with Crippen molar-refractivity contribution in [3.8, 4) is 0 Å². The molecule has 0 aliphatic rings. The van der Waals surface area contributed by atoms with Crippen LogP contribution < -0.4 is 10.6 Å². The number of benzene rings is 2. The highest BCUT2D eigenvalue weighted by Crippen LogP contribution is 2.37. The van der Waals surface area contributed by atoms with Crippen LogP contribution in [0, 0.1) is 10.1 Å². The molecule has 2 aromatic rings. The fourth-order valence-electron chi connectivity index (χ4n) is 2.33. The van der Waals surface area contributed by atoms with Crippen LogP contribution in [0.4, 0.5) is 40.3 Å². The van der Waals surface area contributed by atoms with E-state index in [9.17, 15) is 37.6 Å². The summed E-state index contributed by atoms with van der Waals surface area (Å²) in [7, 11) is 0.500. The molecule has 1 amide bonds. The quantitative estimate of drug-likeness (QED) is 0.176. The lowest BCUT2D eigenvalue weighted by Gasteiger charge is -2.23. The van der Waals surface area contributed by atoms with Crippen molar-refractivity contribution in [1.29, 1.82) is 0 Å². The number of nitro groups is 1. The molecule has 0 unspecified atom stereocenters. The summed E-state index contributed by atoms with van der Waals surface area (Å²) in [5, 5.41) is 28.3. The van der Waals surface area contributed by atoms with E-state index < -0.39 is 33.9 Å². The molecule has 0 spiro atoms. The van der Waals surface area contributed by atoms with Crippen molar-refractivity contribution < 1.29 is 32.4 Å². The second kappa shape index (κ2) is 11.3. The molecular weight excluding hydrogens is 456 g/mol. The molecule has 0 radical (unpaired) electrons. The van der Waals surface area contributed by atoms with Crippen LogP contribution >= 0.6 is 12.2 Å². The van der Waals surface area contributed by atoms with E-state index in [0.29, 0.717) is 30.7 Å². The minimum atomic E-state index is -4.99. The highest BCUT2D eigenvalue weighted by molar-refractivity contribution is 7.78. The molecule has 0 saturated heterocycles. The number of carbonyl (C=O) groups is 1. The first kappa shape index (κ1) is 26.6. The number of rotatable bonds is 7. The van der Waals surface area contributed by atoms with Gasteiger partial charge in [0.1, 0.15) is 5.56 Å². The predicted molar refractivity (Wildman–Crippen MR) is 114 cm³/mol. The third-order valence-corrected chi connectivity index (χ3v) is 4.02. The third-order valence-electron chi connectivity index (χ3n) is 3.92. The van der Waals surface area contributed by atoms with Crippen LogP contribution in [0.15, 0.2) is 47.5 Å². The van der Waals surface area contributed by atoms with Crippen molar-refractivity contribution >= 4 is 46.0 Å². The summed E-state index contributed by atoms with van der Waals surface area (Å²) >= 11 is 4.49. The summed E-state index contributed by atoms with van der Waals surface area (Å²) in [5.74, 6) is -1.00. The Morgan fingerprint density at radius 1 is 1.19 bits per heavy atom. The number of hydrogen-bond acceptors (Lipinski definition) is 7. The lowest BCUT2D eigenvalue weighted by atomic mass is 10.1. The van der Waals surface area contributed by atoms with Crippen LogP contribution in [0.5, 0.6) is 0 Å². The number of anilines is 2. The number of thiocarbonyl (C=S) groups is 1.